The Kier molecular flexibility index (Phi) is 3.88. The zero-order chi connectivity index (χ0) is 16.7. The van der Waals surface area contributed by atoms with E-state index in [0.717, 1.165) is 57.0 Å². The van der Waals surface area contributed by atoms with Crippen molar-refractivity contribution in [3.05, 3.63) is 35.7 Å². The Labute approximate surface area is 141 Å². The first-order valence-corrected chi connectivity index (χ1v) is 8.63. The van der Waals surface area contributed by atoms with Gasteiger partial charge in [-0.3, -0.25) is 14.4 Å². The Morgan fingerprint density at radius 3 is 2.83 bits per heavy atom. The van der Waals surface area contributed by atoms with Crippen LogP contribution in [0.25, 0.3) is 0 Å². The van der Waals surface area contributed by atoms with E-state index >= 15 is 0 Å². The van der Waals surface area contributed by atoms with Crippen molar-refractivity contribution >= 4 is 5.91 Å². The average molecular weight is 328 g/mol. The quantitative estimate of drug-likeness (QED) is 0.847. The summed E-state index contributed by atoms with van der Waals surface area (Å²) in [6, 6.07) is 1.95. The minimum atomic E-state index is -0.163. The van der Waals surface area contributed by atoms with Crippen LogP contribution >= 0.6 is 0 Å². The molecular weight excluding hydrogens is 304 g/mol. The smallest absolute Gasteiger partial charge is 0.247 e. The molecule has 0 bridgehead atoms. The van der Waals surface area contributed by atoms with E-state index in [2.05, 4.69) is 25.6 Å². The highest BCUT2D eigenvalue weighted by atomic mass is 16.2. The fourth-order valence-electron chi connectivity index (χ4n) is 3.87. The number of fused-ring (bicyclic) bond motifs is 1. The zero-order valence-corrected chi connectivity index (χ0v) is 14.4. The lowest BCUT2D eigenvalue weighted by Gasteiger charge is -2.35. The second-order valence-electron chi connectivity index (χ2n) is 6.91. The molecule has 0 aromatic carbocycles. The Bertz CT molecular complexity index is 742. The van der Waals surface area contributed by atoms with Gasteiger partial charge >= 0.3 is 0 Å². The topological polar surface area (TPSA) is 59.2 Å². The summed E-state index contributed by atoms with van der Waals surface area (Å²) in [7, 11) is 1.98. The van der Waals surface area contributed by atoms with Crippen molar-refractivity contribution in [3.8, 4) is 0 Å². The van der Waals surface area contributed by atoms with Crippen molar-refractivity contribution in [1.29, 1.82) is 0 Å². The largest absolute Gasteiger partial charge is 0.341 e. The normalized spacial score (nSPS) is 21.2. The highest BCUT2D eigenvalue weighted by Crippen LogP contribution is 2.25. The van der Waals surface area contributed by atoms with E-state index in [9.17, 15) is 4.79 Å². The molecule has 128 valence electrons. The van der Waals surface area contributed by atoms with Crippen LogP contribution in [0.5, 0.6) is 0 Å². The van der Waals surface area contributed by atoms with Crippen LogP contribution in [-0.4, -0.2) is 54.7 Å². The Hall–Kier alpha value is -2.15. The summed E-state index contributed by atoms with van der Waals surface area (Å²) in [4.78, 5) is 21.6. The van der Waals surface area contributed by atoms with Gasteiger partial charge in [0.05, 0.1) is 23.4 Å². The third kappa shape index (κ3) is 2.73. The molecule has 2 aromatic rings. The number of aryl methyl sites for hydroxylation is 2. The maximum absolute atomic E-state index is 13.0. The summed E-state index contributed by atoms with van der Waals surface area (Å²) in [6.45, 7) is 6.12. The predicted octanol–water partition coefficient (Wildman–Crippen LogP) is 1.10. The SMILES string of the molecule is Cc1cc(CN2Cc3cncn3C(C(=O)N3CCCC3)C2)n(C)n1. The molecule has 7 heteroatoms. The van der Waals surface area contributed by atoms with E-state index < -0.39 is 0 Å². The van der Waals surface area contributed by atoms with E-state index in [1.165, 1.54) is 5.69 Å². The summed E-state index contributed by atoms with van der Waals surface area (Å²) in [6.07, 6.45) is 5.92. The number of aromatic nitrogens is 4. The van der Waals surface area contributed by atoms with Gasteiger partial charge in [0.15, 0.2) is 0 Å². The minimum absolute atomic E-state index is 0.163. The average Bonchev–Trinajstić information content (AvgIpc) is 3.28. The maximum Gasteiger partial charge on any atom is 0.247 e. The van der Waals surface area contributed by atoms with E-state index in [-0.39, 0.29) is 11.9 Å². The number of carbonyl (C=O) groups is 1. The van der Waals surface area contributed by atoms with Crippen LogP contribution < -0.4 is 0 Å². The summed E-state index contributed by atoms with van der Waals surface area (Å²) in [5, 5.41) is 4.43. The number of rotatable bonds is 3. The van der Waals surface area contributed by atoms with Gasteiger partial charge in [-0.15, -0.1) is 0 Å². The minimum Gasteiger partial charge on any atom is -0.341 e. The van der Waals surface area contributed by atoms with Crippen LogP contribution in [0, 0.1) is 6.92 Å². The van der Waals surface area contributed by atoms with Crippen molar-refractivity contribution in [2.45, 2.75) is 38.9 Å². The molecule has 0 aliphatic carbocycles. The third-order valence-corrected chi connectivity index (χ3v) is 5.09. The monoisotopic (exact) mass is 328 g/mol. The van der Waals surface area contributed by atoms with Crippen LogP contribution in [0.15, 0.2) is 18.6 Å². The molecule has 0 N–H and O–H groups in total. The van der Waals surface area contributed by atoms with Crippen LogP contribution in [-0.2, 0) is 24.9 Å². The molecule has 2 aliphatic heterocycles. The molecule has 1 fully saturated rings. The molecular formula is C17H24N6O. The van der Waals surface area contributed by atoms with Gasteiger partial charge in [-0.1, -0.05) is 0 Å². The summed E-state index contributed by atoms with van der Waals surface area (Å²) >= 11 is 0. The van der Waals surface area contributed by atoms with Crippen molar-refractivity contribution in [1.82, 2.24) is 29.1 Å². The van der Waals surface area contributed by atoms with Gasteiger partial charge in [0.25, 0.3) is 0 Å². The molecule has 2 aliphatic rings. The first-order valence-electron chi connectivity index (χ1n) is 8.63. The first-order chi connectivity index (χ1) is 11.6. The van der Waals surface area contributed by atoms with Crippen molar-refractivity contribution < 1.29 is 4.79 Å². The molecule has 1 unspecified atom stereocenters. The second kappa shape index (κ2) is 6.05. The van der Waals surface area contributed by atoms with E-state index in [1.807, 2.05) is 29.7 Å². The highest BCUT2D eigenvalue weighted by molar-refractivity contribution is 5.81. The molecule has 24 heavy (non-hydrogen) atoms. The molecule has 0 spiro atoms. The number of amides is 1. The molecule has 2 aromatic heterocycles. The van der Waals surface area contributed by atoms with Crippen LogP contribution in [0.3, 0.4) is 0 Å². The van der Waals surface area contributed by atoms with Gasteiger partial charge in [-0.2, -0.15) is 5.10 Å². The summed E-state index contributed by atoms with van der Waals surface area (Å²) < 4.78 is 3.99. The van der Waals surface area contributed by atoms with E-state index in [4.69, 9.17) is 0 Å². The van der Waals surface area contributed by atoms with E-state index in [0.29, 0.717) is 0 Å². The molecule has 0 radical (unpaired) electrons. The molecule has 1 saturated heterocycles. The number of imidazole rings is 1. The van der Waals surface area contributed by atoms with Crippen LogP contribution in [0.2, 0.25) is 0 Å². The first kappa shape index (κ1) is 15.4. The number of hydrogen-bond acceptors (Lipinski definition) is 4. The molecule has 0 saturated carbocycles. The van der Waals surface area contributed by atoms with Crippen molar-refractivity contribution in [2.24, 2.45) is 7.05 Å². The summed E-state index contributed by atoms with van der Waals surface area (Å²) in [5.74, 6) is 0.234. The Balaban J connectivity index is 1.56. The Morgan fingerprint density at radius 2 is 2.12 bits per heavy atom. The predicted molar refractivity (Wildman–Crippen MR) is 89.1 cm³/mol. The number of nitrogens with zero attached hydrogens (tertiary/aromatic N) is 6. The van der Waals surface area contributed by atoms with Crippen LogP contribution in [0.4, 0.5) is 0 Å². The molecule has 1 amide bonds. The fraction of sp³-hybridized carbons (Fsp3) is 0.588. The van der Waals surface area contributed by atoms with Gasteiger partial charge < -0.3 is 9.47 Å². The van der Waals surface area contributed by atoms with Gasteiger partial charge in [-0.05, 0) is 25.8 Å². The maximum atomic E-state index is 13.0. The fourth-order valence-corrected chi connectivity index (χ4v) is 3.87. The lowest BCUT2D eigenvalue weighted by molar-refractivity contribution is -0.135. The van der Waals surface area contributed by atoms with Crippen LogP contribution in [0.1, 0.15) is 36.0 Å². The van der Waals surface area contributed by atoms with Gasteiger partial charge in [-0.25, -0.2) is 4.98 Å². The molecule has 4 heterocycles. The lowest BCUT2D eigenvalue weighted by atomic mass is 10.1. The van der Waals surface area contributed by atoms with Gasteiger partial charge in [0, 0.05) is 46.0 Å². The van der Waals surface area contributed by atoms with Gasteiger partial charge in [0.2, 0.25) is 5.91 Å². The molecule has 1 atom stereocenters. The van der Waals surface area contributed by atoms with Crippen molar-refractivity contribution in [3.63, 3.8) is 0 Å². The van der Waals surface area contributed by atoms with Crippen molar-refractivity contribution in [2.75, 3.05) is 19.6 Å². The number of hydrogen-bond donors (Lipinski definition) is 0. The van der Waals surface area contributed by atoms with Gasteiger partial charge in [0.1, 0.15) is 6.04 Å². The molecule has 7 nitrogen and oxygen atoms in total. The highest BCUT2D eigenvalue weighted by Gasteiger charge is 2.34. The third-order valence-electron chi connectivity index (χ3n) is 5.09. The Morgan fingerprint density at radius 1 is 1.33 bits per heavy atom. The van der Waals surface area contributed by atoms with E-state index in [1.54, 1.807) is 6.33 Å². The lowest BCUT2D eigenvalue weighted by Crippen LogP contribution is -2.45. The standard InChI is InChI=1S/C17H24N6O/c1-13-7-14(20(2)19-13)9-21-10-15-8-18-12-23(15)16(11-21)17(24)22-5-3-4-6-22/h7-8,12,16H,3-6,9-11H2,1-2H3. The summed E-state index contributed by atoms with van der Waals surface area (Å²) in [5.41, 5.74) is 3.31. The second-order valence-corrected chi connectivity index (χ2v) is 6.91. The zero-order valence-electron chi connectivity index (χ0n) is 14.4. The number of likely N-dealkylation sites (tertiary alicyclic amines) is 1. The molecule has 4 rings (SSSR count). The number of carbonyl (C=O) groups excluding carboxylic acids is 1.